The number of nitrogens with two attached hydrogens (primary N) is 1. The predicted octanol–water partition coefficient (Wildman–Crippen LogP) is 0.610. The number of amides is 1. The summed E-state index contributed by atoms with van der Waals surface area (Å²) in [5.41, 5.74) is 7.54. The Kier molecular flexibility index (Phi) is 2.94. The minimum Gasteiger partial charge on any atom is -0.399 e. The van der Waals surface area contributed by atoms with Crippen LogP contribution in [0.25, 0.3) is 0 Å². The smallest absolute Gasteiger partial charge is 0.240 e. The highest BCUT2D eigenvalue weighted by atomic mass is 16.3. The summed E-state index contributed by atoms with van der Waals surface area (Å²) in [4.78, 5) is 13.4. The maximum atomic E-state index is 11.7. The van der Waals surface area contributed by atoms with E-state index in [2.05, 4.69) is 5.32 Å². The number of benzene rings is 1. The SMILES string of the molecule is Cc1cc(N2CC(=O)NC(C)(C)C2O)ccc1N. The van der Waals surface area contributed by atoms with Crippen molar-refractivity contribution in [3.05, 3.63) is 23.8 Å². The number of piperazine rings is 1. The number of anilines is 2. The molecule has 0 bridgehead atoms. The van der Waals surface area contributed by atoms with Crippen molar-refractivity contribution in [2.75, 3.05) is 17.2 Å². The lowest BCUT2D eigenvalue weighted by Gasteiger charge is -2.44. The number of aliphatic hydroxyl groups is 1. The Labute approximate surface area is 107 Å². The molecule has 1 unspecified atom stereocenters. The molecule has 0 aromatic heterocycles. The third kappa shape index (κ3) is 2.13. The van der Waals surface area contributed by atoms with E-state index in [1.165, 1.54) is 0 Å². The van der Waals surface area contributed by atoms with Gasteiger partial charge in [0.1, 0.15) is 6.23 Å². The van der Waals surface area contributed by atoms with E-state index in [-0.39, 0.29) is 12.5 Å². The summed E-state index contributed by atoms with van der Waals surface area (Å²) >= 11 is 0. The summed E-state index contributed by atoms with van der Waals surface area (Å²) in [5.74, 6) is -0.0974. The van der Waals surface area contributed by atoms with Crippen molar-refractivity contribution in [1.82, 2.24) is 5.32 Å². The first-order valence-corrected chi connectivity index (χ1v) is 5.93. The second kappa shape index (κ2) is 4.17. The fourth-order valence-electron chi connectivity index (χ4n) is 2.17. The van der Waals surface area contributed by atoms with Gasteiger partial charge in [0.2, 0.25) is 5.91 Å². The van der Waals surface area contributed by atoms with E-state index >= 15 is 0 Å². The number of carbonyl (C=O) groups excluding carboxylic acids is 1. The number of nitrogens with zero attached hydrogens (tertiary/aromatic N) is 1. The third-order valence-corrected chi connectivity index (χ3v) is 3.30. The molecule has 5 nitrogen and oxygen atoms in total. The number of rotatable bonds is 1. The van der Waals surface area contributed by atoms with Gasteiger partial charge in [-0.05, 0) is 44.5 Å². The van der Waals surface area contributed by atoms with Gasteiger partial charge in [-0.25, -0.2) is 0 Å². The monoisotopic (exact) mass is 249 g/mol. The first kappa shape index (κ1) is 12.7. The van der Waals surface area contributed by atoms with Gasteiger partial charge in [0, 0.05) is 11.4 Å². The topological polar surface area (TPSA) is 78.6 Å². The Bertz CT molecular complexity index is 485. The van der Waals surface area contributed by atoms with Gasteiger partial charge in [-0.2, -0.15) is 0 Å². The Morgan fingerprint density at radius 2 is 2.17 bits per heavy atom. The number of aryl methyl sites for hydroxylation is 1. The molecule has 1 aromatic carbocycles. The van der Waals surface area contributed by atoms with Crippen molar-refractivity contribution >= 4 is 17.3 Å². The molecule has 5 heteroatoms. The average Bonchev–Trinajstić information content (AvgIpc) is 2.27. The summed E-state index contributed by atoms with van der Waals surface area (Å²) in [5, 5.41) is 13.1. The van der Waals surface area contributed by atoms with Gasteiger partial charge >= 0.3 is 0 Å². The molecule has 0 aliphatic carbocycles. The van der Waals surface area contributed by atoms with Crippen LogP contribution in [-0.2, 0) is 4.79 Å². The molecule has 1 atom stereocenters. The van der Waals surface area contributed by atoms with Crippen molar-refractivity contribution in [3.63, 3.8) is 0 Å². The molecule has 0 saturated carbocycles. The molecular weight excluding hydrogens is 230 g/mol. The van der Waals surface area contributed by atoms with Crippen LogP contribution < -0.4 is 16.0 Å². The summed E-state index contributed by atoms with van der Waals surface area (Å²) in [7, 11) is 0. The summed E-state index contributed by atoms with van der Waals surface area (Å²) in [6.07, 6.45) is -0.766. The highest BCUT2D eigenvalue weighted by molar-refractivity contribution is 5.84. The van der Waals surface area contributed by atoms with Crippen LogP contribution in [0.15, 0.2) is 18.2 Å². The largest absolute Gasteiger partial charge is 0.399 e. The number of nitrogens with one attached hydrogen (secondary N) is 1. The number of nitrogen functional groups attached to an aromatic ring is 1. The van der Waals surface area contributed by atoms with Crippen molar-refractivity contribution < 1.29 is 9.90 Å². The standard InChI is InChI=1S/C13H19N3O2/c1-8-6-9(4-5-10(8)14)16-7-11(17)15-13(2,3)12(16)18/h4-6,12,18H,7,14H2,1-3H3,(H,15,17). The molecule has 0 radical (unpaired) electrons. The molecule has 98 valence electrons. The lowest BCUT2D eigenvalue weighted by atomic mass is 9.98. The Hall–Kier alpha value is -1.75. The van der Waals surface area contributed by atoms with E-state index < -0.39 is 11.8 Å². The second-order valence-electron chi connectivity index (χ2n) is 5.31. The van der Waals surface area contributed by atoms with Crippen molar-refractivity contribution in [3.8, 4) is 0 Å². The molecule has 1 aliphatic rings. The molecule has 1 fully saturated rings. The summed E-state index contributed by atoms with van der Waals surface area (Å²) < 4.78 is 0. The Morgan fingerprint density at radius 3 is 2.78 bits per heavy atom. The molecule has 4 N–H and O–H groups in total. The molecule has 0 spiro atoms. The van der Waals surface area contributed by atoms with Gasteiger partial charge in [-0.3, -0.25) is 4.79 Å². The Morgan fingerprint density at radius 1 is 1.50 bits per heavy atom. The normalized spacial score (nSPS) is 22.8. The summed E-state index contributed by atoms with van der Waals surface area (Å²) in [6, 6.07) is 5.49. The number of aliphatic hydroxyl groups excluding tert-OH is 1. The van der Waals surface area contributed by atoms with Crippen LogP contribution in [0.5, 0.6) is 0 Å². The molecule has 2 rings (SSSR count). The van der Waals surface area contributed by atoms with E-state index in [0.717, 1.165) is 11.3 Å². The van der Waals surface area contributed by atoms with E-state index in [1.807, 2.05) is 19.1 Å². The zero-order chi connectivity index (χ0) is 13.5. The summed E-state index contributed by atoms with van der Waals surface area (Å²) in [6.45, 7) is 5.64. The van der Waals surface area contributed by atoms with Crippen LogP contribution in [0.1, 0.15) is 19.4 Å². The second-order valence-corrected chi connectivity index (χ2v) is 5.31. The van der Waals surface area contributed by atoms with Crippen molar-refractivity contribution in [2.45, 2.75) is 32.5 Å². The highest BCUT2D eigenvalue weighted by Gasteiger charge is 2.39. The van der Waals surface area contributed by atoms with Crippen LogP contribution >= 0.6 is 0 Å². The molecule has 1 aromatic rings. The van der Waals surface area contributed by atoms with Gasteiger partial charge in [0.25, 0.3) is 0 Å². The predicted molar refractivity (Wildman–Crippen MR) is 71.2 cm³/mol. The number of hydrogen-bond donors (Lipinski definition) is 3. The first-order chi connectivity index (χ1) is 8.31. The molecule has 1 amide bonds. The quantitative estimate of drug-likeness (QED) is 0.637. The number of carbonyl (C=O) groups is 1. The van der Waals surface area contributed by atoms with Gasteiger partial charge in [-0.1, -0.05) is 0 Å². The van der Waals surface area contributed by atoms with Crippen LogP contribution in [0.3, 0.4) is 0 Å². The third-order valence-electron chi connectivity index (χ3n) is 3.30. The fourth-order valence-corrected chi connectivity index (χ4v) is 2.17. The molecular formula is C13H19N3O2. The van der Waals surface area contributed by atoms with E-state index in [0.29, 0.717) is 5.69 Å². The molecule has 18 heavy (non-hydrogen) atoms. The van der Waals surface area contributed by atoms with Crippen LogP contribution in [0, 0.1) is 6.92 Å². The maximum Gasteiger partial charge on any atom is 0.240 e. The minimum atomic E-state index is -0.766. The lowest BCUT2D eigenvalue weighted by molar-refractivity contribution is -0.126. The van der Waals surface area contributed by atoms with Gasteiger partial charge < -0.3 is 21.1 Å². The van der Waals surface area contributed by atoms with Gasteiger partial charge in [-0.15, -0.1) is 0 Å². The van der Waals surface area contributed by atoms with Crippen LogP contribution in [0.2, 0.25) is 0 Å². The van der Waals surface area contributed by atoms with Crippen LogP contribution in [0.4, 0.5) is 11.4 Å². The first-order valence-electron chi connectivity index (χ1n) is 5.93. The maximum absolute atomic E-state index is 11.7. The van der Waals surface area contributed by atoms with Crippen molar-refractivity contribution in [1.29, 1.82) is 0 Å². The fraction of sp³-hybridized carbons (Fsp3) is 0.462. The Balaban J connectivity index is 2.36. The lowest BCUT2D eigenvalue weighted by Crippen LogP contribution is -2.66. The van der Waals surface area contributed by atoms with E-state index in [9.17, 15) is 9.90 Å². The number of hydrogen-bond acceptors (Lipinski definition) is 4. The molecule has 1 heterocycles. The zero-order valence-electron chi connectivity index (χ0n) is 10.9. The van der Waals surface area contributed by atoms with Crippen molar-refractivity contribution in [2.24, 2.45) is 0 Å². The highest BCUT2D eigenvalue weighted by Crippen LogP contribution is 2.27. The zero-order valence-corrected chi connectivity index (χ0v) is 10.9. The van der Waals surface area contributed by atoms with E-state index in [4.69, 9.17) is 5.73 Å². The van der Waals surface area contributed by atoms with Crippen LogP contribution in [-0.4, -0.2) is 29.3 Å². The van der Waals surface area contributed by atoms with Gasteiger partial charge in [0.15, 0.2) is 0 Å². The van der Waals surface area contributed by atoms with Gasteiger partial charge in [0.05, 0.1) is 12.1 Å². The average molecular weight is 249 g/mol. The molecule has 1 saturated heterocycles. The van der Waals surface area contributed by atoms with E-state index in [1.54, 1.807) is 24.8 Å². The minimum absolute atomic E-state index is 0.0974. The molecule has 1 aliphatic heterocycles.